The number of ether oxygens (including phenoxy) is 1. The zero-order valence-corrected chi connectivity index (χ0v) is 17.9. The minimum Gasteiger partial charge on any atom is -0.618 e. The van der Waals surface area contributed by atoms with Crippen molar-refractivity contribution in [1.29, 1.82) is 0 Å². The topological polar surface area (TPSA) is 94.4 Å². The van der Waals surface area contributed by atoms with Gasteiger partial charge in [0, 0.05) is 18.7 Å². The molecule has 3 aromatic rings. The number of aromatic nitrogens is 1. The Bertz CT molecular complexity index is 1040. The van der Waals surface area contributed by atoms with Crippen LogP contribution in [0.15, 0.2) is 78.0 Å². The molecule has 0 spiro atoms. The molecule has 0 atom stereocenters. The number of hydrogen-bond acceptors (Lipinski definition) is 5. The zero-order valence-electron chi connectivity index (χ0n) is 17.0. The number of pyridine rings is 1. The molecular formula is C23H23N3O4S. The number of benzene rings is 2. The molecule has 2 N–H and O–H groups in total. The first-order chi connectivity index (χ1) is 15.1. The maximum absolute atomic E-state index is 12.6. The number of nitrogens with one attached hydrogen (secondary N) is 2. The van der Waals surface area contributed by atoms with Crippen LogP contribution < -0.4 is 20.1 Å². The molecule has 8 heteroatoms. The number of nitrogens with zero attached hydrogens (tertiary/aromatic N) is 1. The van der Waals surface area contributed by atoms with Gasteiger partial charge in [-0.1, -0.05) is 24.3 Å². The normalized spacial score (nSPS) is 10.4. The second kappa shape index (κ2) is 11.0. The molecule has 0 aliphatic rings. The first-order valence-electron chi connectivity index (χ1n) is 9.68. The molecule has 1 aromatic heterocycles. The number of anilines is 1. The summed E-state index contributed by atoms with van der Waals surface area (Å²) in [6.45, 7) is 0.459. The summed E-state index contributed by atoms with van der Waals surface area (Å²) in [5, 5.41) is 17.7. The molecule has 0 radical (unpaired) electrons. The predicted octanol–water partition coefficient (Wildman–Crippen LogP) is 3.03. The first-order valence-corrected chi connectivity index (χ1v) is 10.7. The van der Waals surface area contributed by atoms with E-state index in [0.29, 0.717) is 34.0 Å². The number of thioether (sulfide) groups is 1. The maximum atomic E-state index is 12.6. The number of carbonyl (C=O) groups is 2. The van der Waals surface area contributed by atoms with E-state index in [-0.39, 0.29) is 17.6 Å². The Hall–Kier alpha value is -3.52. The highest BCUT2D eigenvalue weighted by Gasteiger charge is 2.14. The lowest BCUT2D eigenvalue weighted by Gasteiger charge is -2.11. The third-order valence-corrected chi connectivity index (χ3v) is 5.46. The van der Waals surface area contributed by atoms with Crippen LogP contribution in [0.5, 0.6) is 5.75 Å². The van der Waals surface area contributed by atoms with Crippen molar-refractivity contribution in [2.75, 3.05) is 24.7 Å². The molecule has 2 aromatic carbocycles. The van der Waals surface area contributed by atoms with Crippen molar-refractivity contribution in [3.63, 3.8) is 0 Å². The standard InChI is InChI=1S/C23H23N3O4S/c1-30-18-11-9-17(10-12-18)13-14-24-23(28)19-6-2-3-7-20(19)25-21(27)16-31-22-8-4-5-15-26(22)29/h2-12,15H,13-14,16H2,1H3,(H,24,28)(H,25,27). The summed E-state index contributed by atoms with van der Waals surface area (Å²) in [5.74, 6) is 0.275. The Morgan fingerprint density at radius 3 is 2.52 bits per heavy atom. The lowest BCUT2D eigenvalue weighted by Crippen LogP contribution is -2.29. The minimum atomic E-state index is -0.299. The largest absolute Gasteiger partial charge is 0.618 e. The van der Waals surface area contributed by atoms with Gasteiger partial charge in [-0.15, -0.1) is 0 Å². The van der Waals surface area contributed by atoms with Gasteiger partial charge in [0.2, 0.25) is 5.91 Å². The van der Waals surface area contributed by atoms with Crippen molar-refractivity contribution in [3.05, 3.63) is 89.3 Å². The smallest absolute Gasteiger partial charge is 0.253 e. The van der Waals surface area contributed by atoms with E-state index in [1.165, 1.54) is 6.20 Å². The third-order valence-electron chi connectivity index (χ3n) is 4.44. The zero-order chi connectivity index (χ0) is 22.1. The van der Waals surface area contributed by atoms with Gasteiger partial charge in [0.1, 0.15) is 5.75 Å². The van der Waals surface area contributed by atoms with E-state index >= 15 is 0 Å². The Morgan fingerprint density at radius 1 is 1.03 bits per heavy atom. The van der Waals surface area contributed by atoms with Crippen LogP contribution in [0.2, 0.25) is 0 Å². The quantitative estimate of drug-likeness (QED) is 0.305. The van der Waals surface area contributed by atoms with Crippen molar-refractivity contribution in [1.82, 2.24) is 5.32 Å². The van der Waals surface area contributed by atoms with Crippen LogP contribution in [0.1, 0.15) is 15.9 Å². The van der Waals surface area contributed by atoms with Gasteiger partial charge in [-0.05, 0) is 54.1 Å². The van der Waals surface area contributed by atoms with E-state index in [0.717, 1.165) is 23.1 Å². The van der Waals surface area contributed by atoms with Crippen molar-refractivity contribution in [3.8, 4) is 5.75 Å². The number of methoxy groups -OCH3 is 1. The van der Waals surface area contributed by atoms with Crippen molar-refractivity contribution >= 4 is 29.3 Å². The van der Waals surface area contributed by atoms with Crippen molar-refractivity contribution < 1.29 is 19.1 Å². The van der Waals surface area contributed by atoms with Gasteiger partial charge >= 0.3 is 0 Å². The fourth-order valence-electron chi connectivity index (χ4n) is 2.85. The molecule has 2 amide bonds. The van der Waals surface area contributed by atoms with Gasteiger partial charge in [-0.2, -0.15) is 4.73 Å². The van der Waals surface area contributed by atoms with E-state index in [4.69, 9.17) is 4.74 Å². The van der Waals surface area contributed by atoms with Crippen LogP contribution in [0.3, 0.4) is 0 Å². The average molecular weight is 438 g/mol. The summed E-state index contributed by atoms with van der Waals surface area (Å²) < 4.78 is 5.85. The molecule has 0 unspecified atom stereocenters. The fraction of sp³-hybridized carbons (Fsp3) is 0.174. The summed E-state index contributed by atoms with van der Waals surface area (Å²) >= 11 is 1.13. The van der Waals surface area contributed by atoms with E-state index < -0.39 is 0 Å². The molecular weight excluding hydrogens is 414 g/mol. The first kappa shape index (κ1) is 22.2. The molecule has 31 heavy (non-hydrogen) atoms. The lowest BCUT2D eigenvalue weighted by molar-refractivity contribution is -0.645. The number of rotatable bonds is 9. The molecule has 0 aliphatic heterocycles. The minimum absolute atomic E-state index is 0.0552. The second-order valence-corrected chi connectivity index (χ2v) is 7.60. The highest BCUT2D eigenvalue weighted by Crippen LogP contribution is 2.18. The second-order valence-electron chi connectivity index (χ2n) is 6.60. The number of carbonyl (C=O) groups excluding carboxylic acids is 2. The summed E-state index contributed by atoms with van der Waals surface area (Å²) in [5.41, 5.74) is 1.89. The third kappa shape index (κ3) is 6.48. The molecule has 1 heterocycles. The van der Waals surface area contributed by atoms with Crippen LogP contribution in [-0.2, 0) is 11.2 Å². The van der Waals surface area contributed by atoms with Crippen LogP contribution >= 0.6 is 11.8 Å². The van der Waals surface area contributed by atoms with E-state index in [9.17, 15) is 14.8 Å². The molecule has 0 bridgehead atoms. The monoisotopic (exact) mass is 437 g/mol. The maximum Gasteiger partial charge on any atom is 0.253 e. The van der Waals surface area contributed by atoms with Crippen LogP contribution in [0.4, 0.5) is 5.69 Å². The Morgan fingerprint density at radius 2 is 1.77 bits per heavy atom. The predicted molar refractivity (Wildman–Crippen MR) is 120 cm³/mol. The summed E-state index contributed by atoms with van der Waals surface area (Å²) in [7, 11) is 1.62. The SMILES string of the molecule is COc1ccc(CCNC(=O)c2ccccc2NC(=O)CSc2cccc[n+]2[O-])cc1. The summed E-state index contributed by atoms with van der Waals surface area (Å²) in [4.78, 5) is 25.0. The molecule has 0 saturated carbocycles. The average Bonchev–Trinajstić information content (AvgIpc) is 2.79. The molecule has 160 valence electrons. The van der Waals surface area contributed by atoms with Crippen molar-refractivity contribution in [2.45, 2.75) is 11.4 Å². The Balaban J connectivity index is 1.54. The highest BCUT2D eigenvalue weighted by molar-refractivity contribution is 7.99. The number of para-hydroxylation sites is 1. The van der Waals surface area contributed by atoms with Gasteiger partial charge in [0.15, 0.2) is 6.20 Å². The molecule has 3 rings (SSSR count). The summed E-state index contributed by atoms with van der Waals surface area (Å²) in [6.07, 6.45) is 2.05. The van der Waals surface area contributed by atoms with Gasteiger partial charge in [0.25, 0.3) is 10.9 Å². The van der Waals surface area contributed by atoms with Crippen LogP contribution in [0.25, 0.3) is 0 Å². The Kier molecular flexibility index (Phi) is 7.89. The van der Waals surface area contributed by atoms with Crippen LogP contribution in [0, 0.1) is 5.21 Å². The fourth-order valence-corrected chi connectivity index (χ4v) is 3.56. The molecule has 0 aliphatic carbocycles. The number of hydrogen-bond donors (Lipinski definition) is 2. The molecule has 0 fully saturated rings. The van der Waals surface area contributed by atoms with Crippen molar-refractivity contribution in [2.24, 2.45) is 0 Å². The van der Waals surface area contributed by atoms with E-state index in [2.05, 4.69) is 10.6 Å². The van der Waals surface area contributed by atoms with Crippen LogP contribution in [-0.4, -0.2) is 31.2 Å². The number of amides is 2. The highest BCUT2D eigenvalue weighted by atomic mass is 32.2. The van der Waals surface area contributed by atoms with Gasteiger partial charge in [0.05, 0.1) is 24.1 Å². The molecule has 0 saturated heterocycles. The molecule has 7 nitrogen and oxygen atoms in total. The van der Waals surface area contributed by atoms with Gasteiger partial charge < -0.3 is 20.6 Å². The van der Waals surface area contributed by atoms with Gasteiger partial charge in [-0.25, -0.2) is 0 Å². The lowest BCUT2D eigenvalue weighted by atomic mass is 10.1. The van der Waals surface area contributed by atoms with Gasteiger partial charge in [-0.3, -0.25) is 9.59 Å². The van der Waals surface area contributed by atoms with E-state index in [1.807, 2.05) is 24.3 Å². The van der Waals surface area contributed by atoms with E-state index in [1.54, 1.807) is 49.6 Å². The summed E-state index contributed by atoms with van der Waals surface area (Å²) in [6, 6.07) is 19.5. The Labute approximate surface area is 185 Å².